The van der Waals surface area contributed by atoms with Gasteiger partial charge in [0.15, 0.2) is 0 Å². The molecule has 0 aliphatic rings. The van der Waals surface area contributed by atoms with Gasteiger partial charge in [0, 0.05) is 11.5 Å². The second-order valence-corrected chi connectivity index (χ2v) is 5.27. The van der Waals surface area contributed by atoms with E-state index in [2.05, 4.69) is 5.32 Å². The van der Waals surface area contributed by atoms with Crippen LogP contribution in [0.25, 0.3) is 11.0 Å². The molecule has 2 aromatic carbocycles. The first-order chi connectivity index (χ1) is 11.5. The molecule has 8 nitrogen and oxygen atoms in total. The molecule has 3 rings (SSSR count). The third-order valence-electron chi connectivity index (χ3n) is 3.63. The predicted octanol–water partition coefficient (Wildman–Crippen LogP) is 4.42. The van der Waals surface area contributed by atoms with Crippen LogP contribution in [0.2, 0.25) is 0 Å². The van der Waals surface area contributed by atoms with Crippen LogP contribution in [0.15, 0.2) is 52.9 Å². The largest absolute Gasteiger partial charge is 0.459 e. The Balaban J connectivity index is 1.92. The normalized spacial score (nSPS) is 12.0. The van der Waals surface area contributed by atoms with E-state index in [0.29, 0.717) is 5.76 Å². The fourth-order valence-electron chi connectivity index (χ4n) is 2.43. The molecular formula is C16H13N3O5. The van der Waals surface area contributed by atoms with E-state index in [0.717, 1.165) is 17.0 Å². The maximum Gasteiger partial charge on any atom is 0.299 e. The van der Waals surface area contributed by atoms with Crippen molar-refractivity contribution >= 4 is 28.0 Å². The maximum absolute atomic E-state index is 11.2. The van der Waals surface area contributed by atoms with E-state index in [4.69, 9.17) is 4.42 Å². The highest BCUT2D eigenvalue weighted by Crippen LogP contribution is 2.33. The molecule has 1 heterocycles. The van der Waals surface area contributed by atoms with E-state index >= 15 is 0 Å². The molecule has 1 N–H and O–H groups in total. The summed E-state index contributed by atoms with van der Waals surface area (Å²) in [6, 6.07) is 12.5. The smallest absolute Gasteiger partial charge is 0.299 e. The summed E-state index contributed by atoms with van der Waals surface area (Å²) in [5.74, 6) is 0.615. The van der Waals surface area contributed by atoms with Crippen LogP contribution in [-0.4, -0.2) is 9.85 Å². The molecule has 0 radical (unpaired) electrons. The van der Waals surface area contributed by atoms with Crippen molar-refractivity contribution in [2.24, 2.45) is 0 Å². The number of hydrogen-bond donors (Lipinski definition) is 1. The number of nitro groups is 2. The average molecular weight is 327 g/mol. The van der Waals surface area contributed by atoms with Crippen molar-refractivity contribution in [2.45, 2.75) is 13.0 Å². The first-order valence-electron chi connectivity index (χ1n) is 7.13. The summed E-state index contributed by atoms with van der Waals surface area (Å²) >= 11 is 0. The van der Waals surface area contributed by atoms with E-state index in [1.54, 1.807) is 6.92 Å². The summed E-state index contributed by atoms with van der Waals surface area (Å²) in [7, 11) is 0. The number of nitrogens with one attached hydrogen (secondary N) is 1. The van der Waals surface area contributed by atoms with Crippen molar-refractivity contribution in [3.8, 4) is 0 Å². The molecule has 1 aromatic heterocycles. The van der Waals surface area contributed by atoms with Crippen LogP contribution in [0.1, 0.15) is 18.7 Å². The second-order valence-electron chi connectivity index (χ2n) is 5.27. The molecule has 8 heteroatoms. The van der Waals surface area contributed by atoms with Crippen molar-refractivity contribution in [1.82, 2.24) is 0 Å². The van der Waals surface area contributed by atoms with Gasteiger partial charge in [0.25, 0.3) is 11.4 Å². The number of fused-ring (bicyclic) bond motifs is 1. The van der Waals surface area contributed by atoms with Crippen LogP contribution >= 0.6 is 0 Å². The Morgan fingerprint density at radius 1 is 1.04 bits per heavy atom. The molecule has 0 saturated carbocycles. The molecule has 122 valence electrons. The van der Waals surface area contributed by atoms with Gasteiger partial charge in [0.05, 0.1) is 22.0 Å². The van der Waals surface area contributed by atoms with Crippen LogP contribution in [-0.2, 0) is 0 Å². The number of benzene rings is 2. The number of anilines is 1. The third kappa shape index (κ3) is 2.89. The Morgan fingerprint density at radius 3 is 2.46 bits per heavy atom. The Hall–Kier alpha value is -3.42. The van der Waals surface area contributed by atoms with Crippen molar-refractivity contribution in [3.63, 3.8) is 0 Å². The lowest BCUT2D eigenvalue weighted by atomic mass is 10.2. The molecule has 0 aliphatic heterocycles. The summed E-state index contributed by atoms with van der Waals surface area (Å²) in [4.78, 5) is 20.6. The molecular weight excluding hydrogens is 314 g/mol. The van der Waals surface area contributed by atoms with Crippen LogP contribution in [0.5, 0.6) is 0 Å². The Bertz CT molecular complexity index is 901. The lowest BCUT2D eigenvalue weighted by Gasteiger charge is -2.12. The molecule has 1 atom stereocenters. The van der Waals surface area contributed by atoms with E-state index in [1.165, 1.54) is 12.1 Å². The van der Waals surface area contributed by atoms with Gasteiger partial charge in [-0.25, -0.2) is 0 Å². The number of hydrogen-bond acceptors (Lipinski definition) is 6. The zero-order chi connectivity index (χ0) is 17.3. The monoisotopic (exact) mass is 327 g/mol. The van der Waals surface area contributed by atoms with Gasteiger partial charge in [-0.15, -0.1) is 0 Å². The van der Waals surface area contributed by atoms with Crippen molar-refractivity contribution < 1.29 is 14.3 Å². The second kappa shape index (κ2) is 5.99. The Morgan fingerprint density at radius 2 is 1.79 bits per heavy atom. The molecule has 0 bridgehead atoms. The lowest BCUT2D eigenvalue weighted by Crippen LogP contribution is -2.07. The van der Waals surface area contributed by atoms with E-state index in [1.807, 2.05) is 30.3 Å². The predicted molar refractivity (Wildman–Crippen MR) is 88.0 cm³/mol. The van der Waals surface area contributed by atoms with E-state index < -0.39 is 9.85 Å². The molecule has 0 unspecified atom stereocenters. The fourth-order valence-corrected chi connectivity index (χ4v) is 2.43. The Labute approximate surface area is 136 Å². The minimum atomic E-state index is -0.667. The van der Waals surface area contributed by atoms with Gasteiger partial charge in [0.2, 0.25) is 0 Å². The van der Waals surface area contributed by atoms with Gasteiger partial charge in [-0.05, 0) is 25.1 Å². The van der Waals surface area contributed by atoms with Crippen LogP contribution < -0.4 is 5.32 Å². The summed E-state index contributed by atoms with van der Waals surface area (Å²) in [6.07, 6.45) is 0. The zero-order valence-corrected chi connectivity index (χ0v) is 12.6. The molecule has 0 spiro atoms. The van der Waals surface area contributed by atoms with Gasteiger partial charge in [-0.2, -0.15) is 0 Å². The molecule has 0 saturated heterocycles. The highest BCUT2D eigenvalue weighted by atomic mass is 16.6. The SMILES string of the molecule is C[C@@H](Nc1ccc([N+](=O)[O-])cc1[N+](=O)[O-])c1cc2ccccc2o1. The fraction of sp³-hybridized carbons (Fsp3) is 0.125. The molecule has 0 amide bonds. The number of rotatable bonds is 5. The lowest BCUT2D eigenvalue weighted by molar-refractivity contribution is -0.393. The summed E-state index contributed by atoms with van der Waals surface area (Å²) in [6.45, 7) is 1.79. The first kappa shape index (κ1) is 15.5. The number of non-ortho nitro benzene ring substituents is 1. The first-order valence-corrected chi connectivity index (χ1v) is 7.13. The number of nitrogens with zero attached hydrogens (tertiary/aromatic N) is 2. The van der Waals surface area contributed by atoms with Crippen molar-refractivity contribution in [3.05, 3.63) is 74.5 Å². The molecule has 0 fully saturated rings. The zero-order valence-electron chi connectivity index (χ0n) is 12.6. The van der Waals surface area contributed by atoms with E-state index in [9.17, 15) is 20.2 Å². The average Bonchev–Trinajstić information content (AvgIpc) is 2.99. The summed E-state index contributed by atoms with van der Waals surface area (Å²) in [5.41, 5.74) is 0.230. The topological polar surface area (TPSA) is 111 Å². The van der Waals surface area contributed by atoms with Gasteiger partial charge in [0.1, 0.15) is 17.0 Å². The van der Waals surface area contributed by atoms with E-state index in [-0.39, 0.29) is 23.1 Å². The van der Waals surface area contributed by atoms with Gasteiger partial charge >= 0.3 is 0 Å². The van der Waals surface area contributed by atoms with Gasteiger partial charge in [-0.3, -0.25) is 20.2 Å². The molecule has 0 aliphatic carbocycles. The third-order valence-corrected chi connectivity index (χ3v) is 3.63. The van der Waals surface area contributed by atoms with Crippen LogP contribution in [0.4, 0.5) is 17.1 Å². The molecule has 3 aromatic rings. The highest BCUT2D eigenvalue weighted by Gasteiger charge is 2.21. The summed E-state index contributed by atoms with van der Waals surface area (Å²) < 4.78 is 5.72. The van der Waals surface area contributed by atoms with Crippen LogP contribution in [0, 0.1) is 20.2 Å². The van der Waals surface area contributed by atoms with Gasteiger partial charge in [-0.1, -0.05) is 18.2 Å². The number of nitro benzene ring substituents is 2. The number of para-hydroxylation sites is 1. The summed E-state index contributed by atoms with van der Waals surface area (Å²) in [5, 5.41) is 25.9. The molecule has 24 heavy (non-hydrogen) atoms. The van der Waals surface area contributed by atoms with Crippen LogP contribution in [0.3, 0.4) is 0 Å². The Kier molecular flexibility index (Phi) is 3.87. The minimum absolute atomic E-state index is 0.193. The highest BCUT2D eigenvalue weighted by molar-refractivity contribution is 5.78. The standard InChI is InChI=1S/C16H13N3O5/c1-10(16-8-11-4-2-3-5-15(11)24-16)17-13-7-6-12(18(20)21)9-14(13)19(22)23/h2-10,17H,1H3/t10-/m1/s1. The van der Waals surface area contributed by atoms with Crippen molar-refractivity contribution in [2.75, 3.05) is 5.32 Å². The van der Waals surface area contributed by atoms with Gasteiger partial charge < -0.3 is 9.73 Å². The minimum Gasteiger partial charge on any atom is -0.459 e. The van der Waals surface area contributed by atoms with Crippen molar-refractivity contribution in [1.29, 1.82) is 0 Å². The quantitative estimate of drug-likeness (QED) is 0.548. The maximum atomic E-state index is 11.2. The number of furan rings is 1.